The number of ketones is 2. The van der Waals surface area contributed by atoms with Gasteiger partial charge >= 0.3 is 0 Å². The molecule has 0 spiro atoms. The molecule has 0 radical (unpaired) electrons. The van der Waals surface area contributed by atoms with E-state index in [2.05, 4.69) is 0 Å². The number of nitrogens with zero attached hydrogens (tertiary/aromatic N) is 1. The Morgan fingerprint density at radius 3 is 2.39 bits per heavy atom. The van der Waals surface area contributed by atoms with Crippen LogP contribution < -0.4 is 9.64 Å². The first-order valence-corrected chi connectivity index (χ1v) is 12.9. The summed E-state index contributed by atoms with van der Waals surface area (Å²) >= 11 is 0. The van der Waals surface area contributed by atoms with Crippen LogP contribution in [0.4, 0.5) is 5.69 Å². The van der Waals surface area contributed by atoms with Crippen molar-refractivity contribution in [2.45, 2.75) is 25.7 Å². The van der Waals surface area contributed by atoms with Crippen molar-refractivity contribution in [3.8, 4) is 5.75 Å². The second kappa shape index (κ2) is 9.33. The lowest BCUT2D eigenvalue weighted by molar-refractivity contribution is -0.123. The number of fused-ring (bicyclic) bond motifs is 3. The predicted octanol–water partition coefficient (Wildman–Crippen LogP) is 3.69. The fourth-order valence-electron chi connectivity index (χ4n) is 6.51. The highest BCUT2D eigenvalue weighted by atomic mass is 16.5. The molecule has 7 nitrogen and oxygen atoms in total. The Balaban J connectivity index is 1.44. The number of benzene rings is 2. The van der Waals surface area contributed by atoms with Crippen LogP contribution >= 0.6 is 0 Å². The van der Waals surface area contributed by atoms with Crippen LogP contribution in [0.1, 0.15) is 31.2 Å². The highest BCUT2D eigenvalue weighted by molar-refractivity contribution is 6.25. The molecule has 0 unspecified atom stereocenters. The third kappa shape index (κ3) is 3.69. The Hall–Kier alpha value is -4.10. The van der Waals surface area contributed by atoms with Gasteiger partial charge in [0, 0.05) is 22.6 Å². The molecule has 0 saturated carbocycles. The first-order chi connectivity index (χ1) is 18.4. The number of para-hydroxylation sites is 1. The van der Waals surface area contributed by atoms with Gasteiger partial charge in [0.05, 0.1) is 24.1 Å². The summed E-state index contributed by atoms with van der Waals surface area (Å²) < 4.78 is 5.50. The minimum Gasteiger partial charge on any atom is -0.491 e. The van der Waals surface area contributed by atoms with Crippen LogP contribution in [0.2, 0.25) is 0 Å². The molecule has 1 N–H and O–H groups in total. The Labute approximate surface area is 220 Å². The Morgan fingerprint density at radius 1 is 0.947 bits per heavy atom. The number of ether oxygens (including phenoxy) is 1. The Bertz CT molecular complexity index is 1450. The number of imide groups is 1. The molecule has 0 aromatic heterocycles. The summed E-state index contributed by atoms with van der Waals surface area (Å²) in [6.07, 6.45) is 4.08. The molecule has 1 fully saturated rings. The van der Waals surface area contributed by atoms with E-state index in [1.54, 1.807) is 43.3 Å². The molecule has 2 aromatic carbocycles. The number of amides is 2. The lowest BCUT2D eigenvalue weighted by atomic mass is 9.59. The standard InChI is InChI=1S/C31H27NO6/c1-17-15-25(34)28-24(29(17)35)16-23-21(26(28)18-7-9-20(10-8-18)38-14-13-33)11-12-22-27(23)31(37)32(30(22)36)19-5-3-2-4-6-19/h2-11,15,22-23,26-27,33H,12-14,16H2,1H3/t22-,23+,26-,27-/m0/s1. The maximum atomic E-state index is 13.8. The smallest absolute Gasteiger partial charge is 0.238 e. The van der Waals surface area contributed by atoms with Crippen molar-refractivity contribution in [1.29, 1.82) is 0 Å². The molecule has 4 aliphatic rings. The van der Waals surface area contributed by atoms with Crippen LogP contribution in [0.5, 0.6) is 5.75 Å². The number of carbonyl (C=O) groups excluding carboxylic acids is 4. The van der Waals surface area contributed by atoms with Crippen LogP contribution in [0, 0.1) is 17.8 Å². The molecule has 0 bridgehead atoms. The zero-order valence-electron chi connectivity index (χ0n) is 20.9. The van der Waals surface area contributed by atoms with Crippen molar-refractivity contribution in [3.63, 3.8) is 0 Å². The van der Waals surface area contributed by atoms with E-state index in [1.165, 1.54) is 11.0 Å². The van der Waals surface area contributed by atoms with Crippen LogP contribution in [-0.2, 0) is 19.2 Å². The number of carbonyl (C=O) groups is 4. The Kier molecular flexibility index (Phi) is 5.95. The molecule has 4 atom stereocenters. The minimum atomic E-state index is -0.597. The predicted molar refractivity (Wildman–Crippen MR) is 139 cm³/mol. The van der Waals surface area contributed by atoms with Gasteiger partial charge in [-0.3, -0.25) is 24.1 Å². The normalized spacial score (nSPS) is 26.5. The molecular weight excluding hydrogens is 482 g/mol. The van der Waals surface area contributed by atoms with E-state index in [9.17, 15) is 19.2 Å². The SMILES string of the molecule is CC1=CC(=O)C2=C(C[C@@H]3C(=CC[C@@H]4C(=O)N(c5ccccc5)C(=O)[C@@H]43)[C@@H]2c2ccc(OCCO)cc2)C1=O. The summed E-state index contributed by atoms with van der Waals surface area (Å²) in [5.74, 6) is -2.21. The molecule has 38 heavy (non-hydrogen) atoms. The van der Waals surface area contributed by atoms with E-state index >= 15 is 0 Å². The summed E-state index contributed by atoms with van der Waals surface area (Å²) in [7, 11) is 0. The lowest BCUT2D eigenvalue weighted by Gasteiger charge is -2.42. The van der Waals surface area contributed by atoms with Gasteiger partial charge in [0.15, 0.2) is 11.6 Å². The van der Waals surface area contributed by atoms with Crippen molar-refractivity contribution >= 4 is 29.1 Å². The van der Waals surface area contributed by atoms with E-state index < -0.39 is 17.8 Å². The number of anilines is 1. The summed E-state index contributed by atoms with van der Waals surface area (Å²) in [5.41, 5.74) is 3.57. The number of aliphatic hydroxyl groups is 1. The van der Waals surface area contributed by atoms with E-state index in [4.69, 9.17) is 9.84 Å². The van der Waals surface area contributed by atoms with Gasteiger partial charge in [0.2, 0.25) is 11.8 Å². The van der Waals surface area contributed by atoms with Gasteiger partial charge in [-0.05, 0) is 61.6 Å². The zero-order valence-corrected chi connectivity index (χ0v) is 20.9. The maximum absolute atomic E-state index is 13.8. The van der Waals surface area contributed by atoms with Gasteiger partial charge in [-0.25, -0.2) is 0 Å². The third-order valence-corrected chi connectivity index (χ3v) is 8.15. The van der Waals surface area contributed by atoms with Gasteiger partial charge in [-0.1, -0.05) is 42.0 Å². The van der Waals surface area contributed by atoms with Gasteiger partial charge < -0.3 is 9.84 Å². The molecule has 2 amide bonds. The third-order valence-electron chi connectivity index (χ3n) is 8.15. The van der Waals surface area contributed by atoms with Crippen LogP contribution in [0.15, 0.2) is 89.0 Å². The van der Waals surface area contributed by atoms with Crippen LogP contribution in [0.25, 0.3) is 0 Å². The van der Waals surface area contributed by atoms with Crippen LogP contribution in [-0.4, -0.2) is 41.7 Å². The first kappa shape index (κ1) is 24.2. The van der Waals surface area contributed by atoms with Crippen molar-refractivity contribution < 1.29 is 29.0 Å². The molecule has 6 rings (SSSR count). The number of hydrogen-bond donors (Lipinski definition) is 1. The number of rotatable bonds is 5. The molecule has 3 aliphatic carbocycles. The zero-order chi connectivity index (χ0) is 26.6. The monoisotopic (exact) mass is 509 g/mol. The van der Waals surface area contributed by atoms with Crippen molar-refractivity contribution in [2.75, 3.05) is 18.1 Å². The highest BCUT2D eigenvalue weighted by Gasteiger charge is 2.56. The van der Waals surface area contributed by atoms with Crippen LogP contribution in [0.3, 0.4) is 0 Å². The summed E-state index contributed by atoms with van der Waals surface area (Å²) in [5, 5.41) is 9.06. The summed E-state index contributed by atoms with van der Waals surface area (Å²) in [6.45, 7) is 1.70. The molecule has 1 saturated heterocycles. The largest absolute Gasteiger partial charge is 0.491 e. The van der Waals surface area contributed by atoms with E-state index in [0.717, 1.165) is 11.1 Å². The van der Waals surface area contributed by atoms with Crippen molar-refractivity contribution in [2.24, 2.45) is 17.8 Å². The van der Waals surface area contributed by atoms with Gasteiger partial charge in [0.1, 0.15) is 12.4 Å². The molecule has 7 heteroatoms. The minimum absolute atomic E-state index is 0.104. The number of Topliss-reactive ketones (excluding diaryl/α,β-unsaturated/α-hetero) is 1. The van der Waals surface area contributed by atoms with Crippen molar-refractivity contribution in [1.82, 2.24) is 0 Å². The summed E-state index contributed by atoms with van der Waals surface area (Å²) in [4.78, 5) is 55.3. The first-order valence-electron chi connectivity index (χ1n) is 12.9. The summed E-state index contributed by atoms with van der Waals surface area (Å²) in [6, 6.07) is 16.2. The molecule has 192 valence electrons. The average molecular weight is 510 g/mol. The van der Waals surface area contributed by atoms with Gasteiger partial charge in [-0.2, -0.15) is 0 Å². The Morgan fingerprint density at radius 2 is 1.68 bits per heavy atom. The molecule has 2 aromatic rings. The fourth-order valence-corrected chi connectivity index (χ4v) is 6.51. The quantitative estimate of drug-likeness (QED) is 0.375. The fraction of sp³-hybridized carbons (Fsp3) is 0.290. The second-order valence-corrected chi connectivity index (χ2v) is 10.2. The molecular formula is C31H27NO6. The van der Waals surface area contributed by atoms with E-state index in [-0.39, 0.29) is 48.9 Å². The molecule has 1 aliphatic heterocycles. The topological polar surface area (TPSA) is 101 Å². The maximum Gasteiger partial charge on any atom is 0.238 e. The second-order valence-electron chi connectivity index (χ2n) is 10.2. The number of hydrogen-bond acceptors (Lipinski definition) is 6. The molecule has 1 heterocycles. The van der Waals surface area contributed by atoms with Gasteiger partial charge in [0.25, 0.3) is 0 Å². The average Bonchev–Trinajstić information content (AvgIpc) is 3.19. The van der Waals surface area contributed by atoms with Gasteiger partial charge in [-0.15, -0.1) is 0 Å². The highest BCUT2D eigenvalue weighted by Crippen LogP contribution is 2.55. The van der Waals surface area contributed by atoms with E-state index in [0.29, 0.717) is 34.6 Å². The lowest BCUT2D eigenvalue weighted by Crippen LogP contribution is -2.39. The van der Waals surface area contributed by atoms with E-state index in [1.807, 2.05) is 24.3 Å². The number of allylic oxidation sites excluding steroid dienone is 6. The van der Waals surface area contributed by atoms with Crippen molar-refractivity contribution in [3.05, 3.63) is 94.6 Å². The number of aliphatic hydroxyl groups excluding tert-OH is 1.